The second-order valence-electron chi connectivity index (χ2n) is 12.9. The lowest BCUT2D eigenvalue weighted by atomic mass is 10.2. The summed E-state index contributed by atoms with van der Waals surface area (Å²) in [7, 11) is -4.66. The van der Waals surface area contributed by atoms with E-state index >= 15 is 0 Å². The maximum Gasteiger partial charge on any atom is 0.472 e. The van der Waals surface area contributed by atoms with E-state index in [-0.39, 0.29) is 19.4 Å². The average Bonchev–Trinajstić information content (AvgIpc) is 3.20. The van der Waals surface area contributed by atoms with Crippen molar-refractivity contribution in [2.45, 2.75) is 129 Å². The van der Waals surface area contributed by atoms with E-state index in [4.69, 9.17) is 19.1 Å². The number of aliphatic hydroxyl groups is 2. The van der Waals surface area contributed by atoms with Crippen LogP contribution in [0, 0.1) is 0 Å². The zero-order valence-corrected chi connectivity index (χ0v) is 35.4. The number of allylic oxidation sites excluding steroid dienone is 20. The van der Waals surface area contributed by atoms with Gasteiger partial charge in [-0.25, -0.2) is 4.57 Å². The molecule has 0 aliphatic heterocycles. The van der Waals surface area contributed by atoms with Gasteiger partial charge in [0.05, 0.1) is 19.8 Å². The van der Waals surface area contributed by atoms with Gasteiger partial charge in [-0.3, -0.25) is 18.6 Å². The van der Waals surface area contributed by atoms with E-state index in [9.17, 15) is 24.2 Å². The second-order valence-corrected chi connectivity index (χ2v) is 14.3. The average molecular weight is 815 g/mol. The number of aliphatic hydroxyl groups excluding tert-OH is 2. The number of ether oxygens (including phenoxy) is 2. The van der Waals surface area contributed by atoms with Gasteiger partial charge in [0, 0.05) is 12.8 Å². The Kier molecular flexibility index (Phi) is 38.0. The highest BCUT2D eigenvalue weighted by Crippen LogP contribution is 2.43. The molecule has 10 nitrogen and oxygen atoms in total. The van der Waals surface area contributed by atoms with Gasteiger partial charge in [-0.2, -0.15) is 0 Å². The number of unbranched alkanes of at least 4 members (excludes halogenated alkanes) is 2. The normalized spacial score (nSPS) is 15.1. The van der Waals surface area contributed by atoms with E-state index in [1.54, 1.807) is 0 Å². The topological polar surface area (TPSA) is 149 Å². The van der Waals surface area contributed by atoms with E-state index in [2.05, 4.69) is 122 Å². The van der Waals surface area contributed by atoms with Gasteiger partial charge in [-0.05, 0) is 89.9 Å². The third kappa shape index (κ3) is 40.4. The van der Waals surface area contributed by atoms with Crippen LogP contribution in [0.25, 0.3) is 0 Å². The summed E-state index contributed by atoms with van der Waals surface area (Å²) < 4.78 is 32.5. The summed E-state index contributed by atoms with van der Waals surface area (Å²) in [5.41, 5.74) is 0. The number of phosphoric ester groups is 1. The predicted octanol–water partition coefficient (Wildman–Crippen LogP) is 10.8. The highest BCUT2D eigenvalue weighted by molar-refractivity contribution is 7.47. The number of carbonyl (C=O) groups excluding carboxylic acids is 2. The van der Waals surface area contributed by atoms with E-state index in [1.807, 2.05) is 18.2 Å². The number of hydrogen-bond acceptors (Lipinski definition) is 9. The van der Waals surface area contributed by atoms with Crippen LogP contribution in [-0.2, 0) is 32.7 Å². The molecule has 0 heterocycles. The fourth-order valence-electron chi connectivity index (χ4n) is 4.54. The van der Waals surface area contributed by atoms with Crippen molar-refractivity contribution in [3.05, 3.63) is 122 Å². The summed E-state index contributed by atoms with van der Waals surface area (Å²) in [4.78, 5) is 34.9. The standard InChI is InChI=1S/C46H71O10P/c1-3-5-7-9-11-13-15-17-19-20-21-22-24-26-28-30-32-34-36-38-46(50)56-44(42-55-57(51,52)54-40-43(48)39-47)41-53-45(49)37-35-33-31-29-27-25-23-18-16-14-12-10-8-6-4-2/h5-8,11-14,17-19,21-23,26-29,32,34,43-44,47-48H,3-4,9-10,15-16,20,24-25,30-31,33,35-42H2,1-2H3,(H,51,52)/b7-5-,8-6-,13-11-,14-12-,19-17-,22-21-,23-18-,28-26-,29-27-,34-32-/t43-,44+/m0/s1. The smallest absolute Gasteiger partial charge is 0.462 e. The Morgan fingerprint density at radius 1 is 0.526 bits per heavy atom. The van der Waals surface area contributed by atoms with Gasteiger partial charge in [0.15, 0.2) is 6.10 Å². The van der Waals surface area contributed by atoms with Crippen LogP contribution in [0.15, 0.2) is 122 Å². The van der Waals surface area contributed by atoms with Crippen molar-refractivity contribution in [1.82, 2.24) is 0 Å². The number of hydrogen-bond donors (Lipinski definition) is 3. The third-order valence-corrected chi connectivity index (χ3v) is 8.58. The molecule has 0 spiro atoms. The first-order valence-corrected chi connectivity index (χ1v) is 22.0. The highest BCUT2D eigenvalue weighted by atomic mass is 31.2. The molecule has 0 fully saturated rings. The van der Waals surface area contributed by atoms with Crippen LogP contribution in [0.3, 0.4) is 0 Å². The van der Waals surface area contributed by atoms with Gasteiger partial charge in [-0.15, -0.1) is 0 Å². The molecule has 0 bridgehead atoms. The summed E-state index contributed by atoms with van der Waals surface area (Å²) in [6, 6.07) is 0. The lowest BCUT2D eigenvalue weighted by Gasteiger charge is -2.20. The second kappa shape index (κ2) is 40.6. The molecule has 0 aromatic rings. The Morgan fingerprint density at radius 2 is 0.930 bits per heavy atom. The van der Waals surface area contributed by atoms with Crippen molar-refractivity contribution in [3.63, 3.8) is 0 Å². The summed E-state index contributed by atoms with van der Waals surface area (Å²) in [6.07, 6.45) is 51.9. The number of carbonyl (C=O) groups is 2. The molecule has 0 aromatic heterocycles. The minimum absolute atomic E-state index is 0.0416. The largest absolute Gasteiger partial charge is 0.472 e. The third-order valence-electron chi connectivity index (χ3n) is 7.62. The molecule has 0 aliphatic rings. The summed E-state index contributed by atoms with van der Waals surface area (Å²) in [5.74, 6) is -1.09. The van der Waals surface area contributed by atoms with E-state index in [1.165, 1.54) is 0 Å². The Hall–Kier alpha value is -3.63. The van der Waals surface area contributed by atoms with Crippen LogP contribution in [0.5, 0.6) is 0 Å². The molecule has 3 atom stereocenters. The highest BCUT2D eigenvalue weighted by Gasteiger charge is 2.27. The molecule has 0 saturated carbocycles. The van der Waals surface area contributed by atoms with E-state index in [0.717, 1.165) is 77.0 Å². The maximum absolute atomic E-state index is 12.6. The lowest BCUT2D eigenvalue weighted by molar-refractivity contribution is -0.161. The van der Waals surface area contributed by atoms with Gasteiger partial charge in [0.1, 0.15) is 12.7 Å². The van der Waals surface area contributed by atoms with Crippen molar-refractivity contribution < 1.29 is 47.8 Å². The Bertz CT molecular complexity index is 1350. The lowest BCUT2D eigenvalue weighted by Crippen LogP contribution is -2.29. The van der Waals surface area contributed by atoms with Crippen LogP contribution in [0.2, 0.25) is 0 Å². The van der Waals surface area contributed by atoms with Crippen LogP contribution < -0.4 is 0 Å². The molecule has 0 rings (SSSR count). The number of esters is 2. The first-order valence-electron chi connectivity index (χ1n) is 20.5. The van der Waals surface area contributed by atoms with Gasteiger partial charge in [-0.1, -0.05) is 135 Å². The summed E-state index contributed by atoms with van der Waals surface area (Å²) in [6.45, 7) is 1.97. The molecular weight excluding hydrogens is 743 g/mol. The Morgan fingerprint density at radius 3 is 1.37 bits per heavy atom. The maximum atomic E-state index is 12.6. The molecule has 57 heavy (non-hydrogen) atoms. The minimum atomic E-state index is -4.66. The van der Waals surface area contributed by atoms with Gasteiger partial charge >= 0.3 is 19.8 Å². The molecule has 0 amide bonds. The molecule has 320 valence electrons. The van der Waals surface area contributed by atoms with Gasteiger partial charge in [0.25, 0.3) is 0 Å². The van der Waals surface area contributed by atoms with Crippen LogP contribution in [0.4, 0.5) is 0 Å². The van der Waals surface area contributed by atoms with Crippen molar-refractivity contribution in [2.24, 2.45) is 0 Å². The van der Waals surface area contributed by atoms with Gasteiger partial charge in [0.2, 0.25) is 0 Å². The van der Waals surface area contributed by atoms with Crippen molar-refractivity contribution in [2.75, 3.05) is 26.4 Å². The molecule has 1 unspecified atom stereocenters. The summed E-state index contributed by atoms with van der Waals surface area (Å²) >= 11 is 0. The first kappa shape index (κ1) is 53.4. The number of rotatable bonds is 36. The molecular formula is C46H71O10P. The zero-order valence-electron chi connectivity index (χ0n) is 34.5. The van der Waals surface area contributed by atoms with Crippen LogP contribution >= 0.6 is 7.82 Å². The van der Waals surface area contributed by atoms with Crippen LogP contribution in [-0.4, -0.2) is 65.7 Å². The quantitative estimate of drug-likeness (QED) is 0.0241. The van der Waals surface area contributed by atoms with Crippen molar-refractivity contribution in [3.8, 4) is 0 Å². The fraction of sp³-hybridized carbons (Fsp3) is 0.522. The Labute approximate surface area is 343 Å². The van der Waals surface area contributed by atoms with Crippen molar-refractivity contribution >= 4 is 19.8 Å². The predicted molar refractivity (Wildman–Crippen MR) is 232 cm³/mol. The molecule has 0 radical (unpaired) electrons. The van der Waals surface area contributed by atoms with Crippen molar-refractivity contribution in [1.29, 1.82) is 0 Å². The SMILES string of the molecule is CC/C=C\C/C=C\C/C=C\C/C=C\C/C=C\C/C=C\CCC(=O)O[C@H](COC(=O)CCCC/C=C\C/C=C\C/C=C\C/C=C\CC)COP(=O)(O)OC[C@@H](O)CO. The fourth-order valence-corrected chi connectivity index (χ4v) is 5.33. The molecule has 11 heteroatoms. The monoisotopic (exact) mass is 814 g/mol. The van der Waals surface area contributed by atoms with Crippen LogP contribution in [0.1, 0.15) is 117 Å². The minimum Gasteiger partial charge on any atom is -0.462 e. The number of phosphoric acid groups is 1. The first-order chi connectivity index (χ1) is 27.7. The molecule has 0 saturated heterocycles. The molecule has 3 N–H and O–H groups in total. The molecule has 0 aromatic carbocycles. The molecule has 0 aliphatic carbocycles. The zero-order chi connectivity index (χ0) is 41.9. The Balaban J connectivity index is 4.56. The van der Waals surface area contributed by atoms with E-state index in [0.29, 0.717) is 12.8 Å². The van der Waals surface area contributed by atoms with Gasteiger partial charge < -0.3 is 24.6 Å². The van der Waals surface area contributed by atoms with E-state index < -0.39 is 51.8 Å². The summed E-state index contributed by atoms with van der Waals surface area (Å²) in [5, 5.41) is 18.3.